The van der Waals surface area contributed by atoms with Crippen LogP contribution in [0.1, 0.15) is 25.0 Å². The van der Waals surface area contributed by atoms with Crippen LogP contribution in [-0.2, 0) is 5.41 Å². The van der Waals surface area contributed by atoms with Gasteiger partial charge in [-0.3, -0.25) is 0 Å². The van der Waals surface area contributed by atoms with Gasteiger partial charge in [-0.15, -0.1) is 11.3 Å². The SMILES string of the molecule is CC1(C)c2ccccc2-c2ccc(-c3cccc(-c4nc(-c5ccccc5)nc(-c5ccc(-c6cccc7sc8ccc(-c9ccc(-c%10ccccc%10)cc9)cc8c67)cc5)n4)c3)cc21. The number of fused-ring (bicyclic) bond motifs is 6. The fourth-order valence-electron chi connectivity index (χ4n) is 9.60. The summed E-state index contributed by atoms with van der Waals surface area (Å²) in [6.45, 7) is 4.66. The van der Waals surface area contributed by atoms with E-state index < -0.39 is 0 Å². The second kappa shape index (κ2) is 15.2. The molecule has 0 bridgehead atoms. The summed E-state index contributed by atoms with van der Waals surface area (Å²) in [6.07, 6.45) is 0. The standard InChI is InChI=1S/C60H41N3S/c1-60(2)52-21-10-9-19-49(52)50-33-31-46(37-53(50)60)44-17-11-18-47(35-44)59-62-57(42-15-7-4-8-16-42)61-58(63-59)43-29-27-41(28-30-43)48-20-12-22-55-56(48)51-36-45(32-34-54(51)64-55)40-25-23-39(24-26-40)38-13-5-3-6-14-38/h3-37H,1-2H3. The van der Waals surface area contributed by atoms with E-state index in [1.807, 2.05) is 29.5 Å². The topological polar surface area (TPSA) is 38.7 Å². The minimum atomic E-state index is -0.0765. The maximum Gasteiger partial charge on any atom is 0.164 e. The maximum absolute atomic E-state index is 5.17. The zero-order valence-corrected chi connectivity index (χ0v) is 36.3. The fraction of sp³-hybridized carbons (Fsp3) is 0.0500. The predicted octanol–water partition coefficient (Wildman–Crippen LogP) is 16.2. The van der Waals surface area contributed by atoms with Crippen molar-refractivity contribution in [3.63, 3.8) is 0 Å². The zero-order chi connectivity index (χ0) is 42.8. The van der Waals surface area contributed by atoms with Gasteiger partial charge < -0.3 is 0 Å². The van der Waals surface area contributed by atoms with Crippen molar-refractivity contribution in [2.75, 3.05) is 0 Å². The third-order valence-corrected chi connectivity index (χ3v) is 14.1. The highest BCUT2D eigenvalue weighted by Crippen LogP contribution is 2.50. The Labute approximate surface area is 377 Å². The van der Waals surface area contributed by atoms with Gasteiger partial charge in [0.05, 0.1) is 0 Å². The predicted molar refractivity (Wildman–Crippen MR) is 268 cm³/mol. The first-order valence-corrected chi connectivity index (χ1v) is 22.6. The van der Waals surface area contributed by atoms with Crippen molar-refractivity contribution < 1.29 is 0 Å². The largest absolute Gasteiger partial charge is 0.208 e. The number of rotatable bonds is 7. The summed E-state index contributed by atoms with van der Waals surface area (Å²) >= 11 is 1.85. The van der Waals surface area contributed by atoms with Crippen LogP contribution in [0.2, 0.25) is 0 Å². The lowest BCUT2D eigenvalue weighted by Crippen LogP contribution is -2.14. The fourth-order valence-corrected chi connectivity index (χ4v) is 10.7. The summed E-state index contributed by atoms with van der Waals surface area (Å²) in [5, 5.41) is 2.55. The molecule has 64 heavy (non-hydrogen) atoms. The molecule has 302 valence electrons. The highest BCUT2D eigenvalue weighted by molar-refractivity contribution is 7.26. The quantitative estimate of drug-likeness (QED) is 0.161. The van der Waals surface area contributed by atoms with Gasteiger partial charge in [0.1, 0.15) is 0 Å². The third kappa shape index (κ3) is 6.54. The molecule has 3 nitrogen and oxygen atoms in total. The number of nitrogens with zero attached hydrogens (tertiary/aromatic N) is 3. The minimum Gasteiger partial charge on any atom is -0.208 e. The van der Waals surface area contributed by atoms with E-state index in [9.17, 15) is 0 Å². The zero-order valence-electron chi connectivity index (χ0n) is 35.5. The van der Waals surface area contributed by atoms with Crippen LogP contribution < -0.4 is 0 Å². The van der Waals surface area contributed by atoms with Crippen LogP contribution >= 0.6 is 11.3 Å². The summed E-state index contributed by atoms with van der Waals surface area (Å²) in [6, 6.07) is 76.2. The van der Waals surface area contributed by atoms with Gasteiger partial charge in [-0.1, -0.05) is 196 Å². The molecule has 0 fully saturated rings. The van der Waals surface area contributed by atoms with E-state index in [-0.39, 0.29) is 5.41 Å². The lowest BCUT2D eigenvalue weighted by Gasteiger charge is -2.22. The van der Waals surface area contributed by atoms with E-state index in [0.717, 1.165) is 27.8 Å². The van der Waals surface area contributed by atoms with Crippen LogP contribution in [-0.4, -0.2) is 15.0 Å². The smallest absolute Gasteiger partial charge is 0.164 e. The highest BCUT2D eigenvalue weighted by atomic mass is 32.1. The first kappa shape index (κ1) is 37.9. The number of hydrogen-bond acceptors (Lipinski definition) is 4. The molecule has 0 atom stereocenters. The Bertz CT molecular complexity index is 3550. The average Bonchev–Trinajstić information content (AvgIpc) is 3.85. The van der Waals surface area contributed by atoms with Gasteiger partial charge in [-0.2, -0.15) is 0 Å². The van der Waals surface area contributed by atoms with Crippen LogP contribution in [0.15, 0.2) is 212 Å². The molecular formula is C60H41N3S. The molecule has 0 unspecified atom stereocenters. The van der Waals surface area contributed by atoms with E-state index in [0.29, 0.717) is 17.5 Å². The van der Waals surface area contributed by atoms with Gasteiger partial charge in [-0.05, 0) is 97.1 Å². The minimum absolute atomic E-state index is 0.0765. The van der Waals surface area contributed by atoms with Gasteiger partial charge >= 0.3 is 0 Å². The highest BCUT2D eigenvalue weighted by Gasteiger charge is 2.35. The molecule has 0 saturated heterocycles. The number of benzene rings is 9. The second-order valence-electron chi connectivity index (χ2n) is 17.2. The van der Waals surface area contributed by atoms with Crippen molar-refractivity contribution in [2.45, 2.75) is 19.3 Å². The molecule has 2 aromatic heterocycles. The molecule has 1 aliphatic carbocycles. The Morgan fingerprint density at radius 2 is 0.781 bits per heavy atom. The molecule has 2 heterocycles. The van der Waals surface area contributed by atoms with Crippen LogP contribution in [0.3, 0.4) is 0 Å². The lowest BCUT2D eigenvalue weighted by molar-refractivity contribution is 0.660. The number of thiophene rings is 1. The molecule has 11 aromatic rings. The van der Waals surface area contributed by atoms with Gasteiger partial charge in [0.25, 0.3) is 0 Å². The summed E-state index contributed by atoms with van der Waals surface area (Å²) in [5.74, 6) is 1.93. The van der Waals surface area contributed by atoms with Crippen molar-refractivity contribution in [3.05, 3.63) is 223 Å². The summed E-state index contributed by atoms with van der Waals surface area (Å²) < 4.78 is 2.56. The van der Waals surface area contributed by atoms with Crippen LogP contribution in [0.5, 0.6) is 0 Å². The van der Waals surface area contributed by atoms with Gasteiger partial charge in [-0.25, -0.2) is 15.0 Å². The normalized spacial score (nSPS) is 12.7. The monoisotopic (exact) mass is 835 g/mol. The molecule has 0 amide bonds. The Morgan fingerprint density at radius 3 is 1.53 bits per heavy atom. The molecule has 0 aliphatic heterocycles. The van der Waals surface area contributed by atoms with Crippen molar-refractivity contribution in [3.8, 4) is 89.8 Å². The van der Waals surface area contributed by atoms with Crippen molar-refractivity contribution in [2.24, 2.45) is 0 Å². The Kier molecular flexibility index (Phi) is 9.03. The second-order valence-corrected chi connectivity index (χ2v) is 18.3. The van der Waals surface area contributed by atoms with Crippen LogP contribution in [0.4, 0.5) is 0 Å². The Morgan fingerprint density at radius 1 is 0.312 bits per heavy atom. The van der Waals surface area contributed by atoms with E-state index in [4.69, 9.17) is 15.0 Å². The van der Waals surface area contributed by atoms with Gasteiger partial charge in [0, 0.05) is 42.3 Å². The number of hydrogen-bond donors (Lipinski definition) is 0. The third-order valence-electron chi connectivity index (χ3n) is 13.0. The van der Waals surface area contributed by atoms with E-state index in [2.05, 4.69) is 208 Å². The molecule has 0 saturated carbocycles. The summed E-state index contributed by atoms with van der Waals surface area (Å²) in [4.78, 5) is 15.3. The van der Waals surface area contributed by atoms with E-state index in [1.54, 1.807) is 0 Å². The van der Waals surface area contributed by atoms with Gasteiger partial charge in [0.15, 0.2) is 17.5 Å². The van der Waals surface area contributed by atoms with Gasteiger partial charge in [0.2, 0.25) is 0 Å². The van der Waals surface area contributed by atoms with Crippen LogP contribution in [0, 0.1) is 0 Å². The molecule has 0 N–H and O–H groups in total. The average molecular weight is 836 g/mol. The van der Waals surface area contributed by atoms with E-state index in [1.165, 1.54) is 75.8 Å². The number of aromatic nitrogens is 3. The molecule has 0 radical (unpaired) electrons. The molecule has 12 rings (SSSR count). The van der Waals surface area contributed by atoms with E-state index >= 15 is 0 Å². The maximum atomic E-state index is 5.17. The lowest BCUT2D eigenvalue weighted by atomic mass is 9.81. The first-order chi connectivity index (χ1) is 31.4. The first-order valence-electron chi connectivity index (χ1n) is 21.8. The Balaban J connectivity index is 0.900. The van der Waals surface area contributed by atoms with Crippen molar-refractivity contribution in [1.82, 2.24) is 15.0 Å². The van der Waals surface area contributed by atoms with Crippen molar-refractivity contribution in [1.29, 1.82) is 0 Å². The Hall–Kier alpha value is -7.79. The van der Waals surface area contributed by atoms with Crippen molar-refractivity contribution >= 4 is 31.5 Å². The molecular weight excluding hydrogens is 795 g/mol. The molecule has 9 aromatic carbocycles. The summed E-state index contributed by atoms with van der Waals surface area (Å²) in [7, 11) is 0. The molecule has 4 heteroatoms. The summed E-state index contributed by atoms with van der Waals surface area (Å²) in [5.41, 5.74) is 17.7. The molecule has 0 spiro atoms. The van der Waals surface area contributed by atoms with Crippen LogP contribution in [0.25, 0.3) is 110 Å². The molecule has 1 aliphatic rings.